The molecule has 2 rings (SSSR count). The third-order valence-electron chi connectivity index (χ3n) is 2.94. The molecule has 1 atom stereocenters. The highest BCUT2D eigenvalue weighted by Crippen LogP contribution is 2.29. The van der Waals surface area contributed by atoms with E-state index in [9.17, 15) is 4.79 Å². The van der Waals surface area contributed by atoms with Crippen LogP contribution in [0.3, 0.4) is 0 Å². The summed E-state index contributed by atoms with van der Waals surface area (Å²) >= 11 is 0. The zero-order valence-corrected chi connectivity index (χ0v) is 10.1. The Hall–Kier alpha value is -1.94. The van der Waals surface area contributed by atoms with Crippen molar-refractivity contribution in [2.24, 2.45) is 5.10 Å². The second-order valence-corrected chi connectivity index (χ2v) is 4.19. The van der Waals surface area contributed by atoms with Gasteiger partial charge in [0.1, 0.15) is 0 Å². The first kappa shape index (κ1) is 12.5. The minimum Gasteiger partial charge on any atom is -0.396 e. The molecule has 0 saturated carbocycles. The molecule has 4 nitrogen and oxygen atoms in total. The van der Waals surface area contributed by atoms with Gasteiger partial charge in [0.05, 0.1) is 6.04 Å². The lowest BCUT2D eigenvalue weighted by Crippen LogP contribution is -2.28. The second kappa shape index (κ2) is 5.60. The van der Waals surface area contributed by atoms with Gasteiger partial charge in [-0.05, 0) is 5.56 Å². The maximum atomic E-state index is 12.1. The molecule has 1 N–H and O–H groups in total. The number of hydrazone groups is 1. The molecule has 1 aromatic rings. The van der Waals surface area contributed by atoms with Crippen LogP contribution in [0.4, 0.5) is 0 Å². The lowest BCUT2D eigenvalue weighted by atomic mass is 10.0. The fourth-order valence-electron chi connectivity index (χ4n) is 1.97. The molecule has 1 unspecified atom stereocenters. The number of benzene rings is 1. The first-order valence-electron chi connectivity index (χ1n) is 5.93. The van der Waals surface area contributed by atoms with Gasteiger partial charge in [-0.2, -0.15) is 5.10 Å². The first-order chi connectivity index (χ1) is 8.74. The summed E-state index contributed by atoms with van der Waals surface area (Å²) in [7, 11) is 0. The van der Waals surface area contributed by atoms with E-state index < -0.39 is 0 Å². The summed E-state index contributed by atoms with van der Waals surface area (Å²) in [4.78, 5) is 12.1. The predicted octanol–water partition coefficient (Wildman–Crippen LogP) is 1.88. The third kappa shape index (κ3) is 2.49. The number of aliphatic hydroxyl groups excluding tert-OH is 1. The molecule has 1 aliphatic rings. The summed E-state index contributed by atoms with van der Waals surface area (Å²) in [6.45, 7) is 3.62. The van der Waals surface area contributed by atoms with E-state index in [1.165, 1.54) is 5.01 Å². The van der Waals surface area contributed by atoms with Gasteiger partial charge in [-0.1, -0.05) is 36.9 Å². The summed E-state index contributed by atoms with van der Waals surface area (Å²) in [5.41, 5.74) is 1.44. The third-order valence-corrected chi connectivity index (χ3v) is 2.94. The number of nitrogens with zero attached hydrogens (tertiary/aromatic N) is 2. The van der Waals surface area contributed by atoms with Gasteiger partial charge in [-0.25, -0.2) is 5.01 Å². The van der Waals surface area contributed by atoms with E-state index in [0.29, 0.717) is 12.0 Å². The number of carbonyl (C=O) groups is 1. The van der Waals surface area contributed by atoms with Crippen LogP contribution in [0, 0.1) is 0 Å². The van der Waals surface area contributed by atoms with Gasteiger partial charge in [0, 0.05) is 31.2 Å². The summed E-state index contributed by atoms with van der Waals surface area (Å²) in [5.74, 6) is -0.216. The molecule has 0 aromatic heterocycles. The summed E-state index contributed by atoms with van der Waals surface area (Å²) in [5, 5.41) is 14.4. The molecular formula is C14H16N2O2. The summed E-state index contributed by atoms with van der Waals surface area (Å²) < 4.78 is 0. The molecular weight excluding hydrogens is 228 g/mol. The fraction of sp³-hybridized carbons (Fsp3) is 0.286. The van der Waals surface area contributed by atoms with Crippen molar-refractivity contribution in [3.63, 3.8) is 0 Å². The summed E-state index contributed by atoms with van der Waals surface area (Å²) in [6.07, 6.45) is 2.73. The normalized spacial score (nSPS) is 18.1. The molecule has 4 heteroatoms. The Morgan fingerprint density at radius 1 is 1.44 bits per heavy atom. The molecule has 1 aliphatic heterocycles. The fourth-order valence-corrected chi connectivity index (χ4v) is 1.97. The van der Waals surface area contributed by atoms with E-state index in [1.54, 1.807) is 6.21 Å². The Bertz CT molecular complexity index is 468. The first-order valence-corrected chi connectivity index (χ1v) is 5.93. The topological polar surface area (TPSA) is 52.9 Å². The van der Waals surface area contributed by atoms with Crippen molar-refractivity contribution in [1.29, 1.82) is 0 Å². The van der Waals surface area contributed by atoms with Crippen molar-refractivity contribution in [3.8, 4) is 0 Å². The van der Waals surface area contributed by atoms with Gasteiger partial charge in [0.25, 0.3) is 5.91 Å². The Balaban J connectivity index is 2.15. The molecule has 1 heterocycles. The molecule has 0 spiro atoms. The molecule has 94 valence electrons. The van der Waals surface area contributed by atoms with E-state index in [0.717, 1.165) is 5.56 Å². The zero-order valence-electron chi connectivity index (χ0n) is 10.1. The van der Waals surface area contributed by atoms with E-state index in [-0.39, 0.29) is 25.0 Å². The Morgan fingerprint density at radius 3 is 2.83 bits per heavy atom. The van der Waals surface area contributed by atoms with E-state index in [1.807, 2.05) is 30.3 Å². The van der Waals surface area contributed by atoms with Gasteiger partial charge in [-0.3, -0.25) is 4.79 Å². The summed E-state index contributed by atoms with van der Waals surface area (Å²) in [6, 6.07) is 9.73. The average Bonchev–Trinajstić information content (AvgIpc) is 2.88. The number of hydrogen-bond donors (Lipinski definition) is 1. The van der Waals surface area contributed by atoms with E-state index in [2.05, 4.69) is 11.7 Å². The quantitative estimate of drug-likeness (QED) is 0.822. The second-order valence-electron chi connectivity index (χ2n) is 4.19. The molecule has 0 bridgehead atoms. The number of aliphatic hydroxyl groups is 1. The van der Waals surface area contributed by atoms with Crippen LogP contribution < -0.4 is 0 Å². The highest BCUT2D eigenvalue weighted by molar-refractivity contribution is 5.94. The van der Waals surface area contributed by atoms with Crippen molar-refractivity contribution in [3.05, 3.63) is 48.0 Å². The van der Waals surface area contributed by atoms with Crippen LogP contribution >= 0.6 is 0 Å². The van der Waals surface area contributed by atoms with Crippen LogP contribution in [0.15, 0.2) is 47.6 Å². The van der Waals surface area contributed by atoms with Gasteiger partial charge < -0.3 is 5.11 Å². The van der Waals surface area contributed by atoms with Gasteiger partial charge in [0.15, 0.2) is 0 Å². The standard InChI is InChI=1S/C14H16N2O2/c1-11(8-10-17)14(18)16-13(7-9-15-16)12-5-3-2-4-6-12/h2-6,9,13,17H,1,7-8,10H2. The van der Waals surface area contributed by atoms with Crippen LogP contribution in [0.5, 0.6) is 0 Å². The minimum atomic E-state index is -0.216. The van der Waals surface area contributed by atoms with Crippen molar-refractivity contribution in [1.82, 2.24) is 5.01 Å². The number of amides is 1. The van der Waals surface area contributed by atoms with Crippen LogP contribution in [-0.4, -0.2) is 28.8 Å². The maximum absolute atomic E-state index is 12.1. The average molecular weight is 244 g/mol. The van der Waals surface area contributed by atoms with Crippen LogP contribution in [-0.2, 0) is 4.79 Å². The highest BCUT2D eigenvalue weighted by atomic mass is 16.3. The molecule has 0 radical (unpaired) electrons. The molecule has 0 aliphatic carbocycles. The van der Waals surface area contributed by atoms with E-state index in [4.69, 9.17) is 5.11 Å². The van der Waals surface area contributed by atoms with Crippen LogP contribution in [0.1, 0.15) is 24.4 Å². The molecule has 0 fully saturated rings. The zero-order chi connectivity index (χ0) is 13.0. The molecule has 1 aromatic carbocycles. The van der Waals surface area contributed by atoms with Gasteiger partial charge in [0.2, 0.25) is 0 Å². The lowest BCUT2D eigenvalue weighted by molar-refractivity contribution is -0.129. The largest absolute Gasteiger partial charge is 0.396 e. The van der Waals surface area contributed by atoms with E-state index >= 15 is 0 Å². The van der Waals surface area contributed by atoms with Gasteiger partial charge >= 0.3 is 0 Å². The molecule has 0 saturated heterocycles. The van der Waals surface area contributed by atoms with Crippen molar-refractivity contribution >= 4 is 12.1 Å². The lowest BCUT2D eigenvalue weighted by Gasteiger charge is -2.22. The smallest absolute Gasteiger partial charge is 0.269 e. The Labute approximate surface area is 106 Å². The monoisotopic (exact) mass is 244 g/mol. The van der Waals surface area contributed by atoms with Crippen LogP contribution in [0.25, 0.3) is 0 Å². The highest BCUT2D eigenvalue weighted by Gasteiger charge is 2.28. The molecule has 18 heavy (non-hydrogen) atoms. The number of rotatable bonds is 4. The van der Waals surface area contributed by atoms with Crippen molar-refractivity contribution in [2.75, 3.05) is 6.61 Å². The predicted molar refractivity (Wildman–Crippen MR) is 70.0 cm³/mol. The van der Waals surface area contributed by atoms with Crippen LogP contribution in [0.2, 0.25) is 0 Å². The number of hydrogen-bond acceptors (Lipinski definition) is 3. The molecule has 1 amide bonds. The minimum absolute atomic E-state index is 0.0610. The van der Waals surface area contributed by atoms with Crippen molar-refractivity contribution < 1.29 is 9.90 Å². The Morgan fingerprint density at radius 2 is 2.17 bits per heavy atom. The van der Waals surface area contributed by atoms with Gasteiger partial charge in [-0.15, -0.1) is 0 Å². The number of carbonyl (C=O) groups excluding carboxylic acids is 1. The SMILES string of the molecule is C=C(CCO)C(=O)N1N=CCC1c1ccccc1. The van der Waals surface area contributed by atoms with Crippen molar-refractivity contribution in [2.45, 2.75) is 18.9 Å². The maximum Gasteiger partial charge on any atom is 0.269 e. The Kier molecular flexibility index (Phi) is 3.89.